The summed E-state index contributed by atoms with van der Waals surface area (Å²) < 4.78 is 48.1. The molecular weight excluding hydrogens is 722 g/mol. The highest BCUT2D eigenvalue weighted by Gasteiger charge is 2.53. The molecular formula is C39H41Cl3F3N3O3. The quantitative estimate of drug-likeness (QED) is 0.140. The van der Waals surface area contributed by atoms with E-state index < -0.39 is 35.6 Å². The lowest BCUT2D eigenvalue weighted by Crippen LogP contribution is -2.53. The fraction of sp³-hybridized carbons (Fsp3) is 0.359. The maximum atomic E-state index is 15.1. The summed E-state index contributed by atoms with van der Waals surface area (Å²) in [6, 6.07) is 24.0. The van der Waals surface area contributed by atoms with E-state index in [1.807, 2.05) is 36.4 Å². The van der Waals surface area contributed by atoms with Gasteiger partial charge < -0.3 is 9.84 Å². The van der Waals surface area contributed by atoms with Crippen molar-refractivity contribution in [3.05, 3.63) is 134 Å². The normalized spacial score (nSPS) is 22.5. The van der Waals surface area contributed by atoms with Crippen LogP contribution in [0.25, 0.3) is 0 Å². The standard InChI is InChI=1S/C39H40Cl2F3N3O3.ClH/c1-24(2)50-34-21-29(39(42,43)44)14-19-33(34)38(37(49)28-8-6-25(7-9-28)22-47-20-4-3-5-32(47)23-48)45-35(26-10-15-30(40)16-11-26)36(46-38)27-12-17-31(41)18-13-27;/h6-19,21,24,32,35-36,45-46,48H,3-5,20,22-23H2,1-2H3;1H. The van der Waals surface area contributed by atoms with Crippen LogP contribution in [0.1, 0.15) is 83.4 Å². The minimum atomic E-state index is -4.63. The van der Waals surface area contributed by atoms with E-state index in [-0.39, 0.29) is 42.2 Å². The van der Waals surface area contributed by atoms with Crippen LogP contribution in [-0.4, -0.2) is 41.1 Å². The summed E-state index contributed by atoms with van der Waals surface area (Å²) in [5, 5.41) is 18.1. The summed E-state index contributed by atoms with van der Waals surface area (Å²) in [5.74, 6) is -0.453. The van der Waals surface area contributed by atoms with Crippen molar-refractivity contribution < 1.29 is 27.8 Å². The molecule has 0 radical (unpaired) electrons. The van der Waals surface area contributed by atoms with Crippen LogP contribution >= 0.6 is 35.6 Å². The van der Waals surface area contributed by atoms with Crippen LogP contribution < -0.4 is 15.4 Å². The number of Topliss-reactive ketones (excluding diaryl/α,β-unsaturated/α-hetero) is 1. The summed E-state index contributed by atoms with van der Waals surface area (Å²) in [6.45, 7) is 5.05. The lowest BCUT2D eigenvalue weighted by Gasteiger charge is -2.34. The number of benzene rings is 4. The molecule has 3 N–H and O–H groups in total. The maximum absolute atomic E-state index is 15.1. The largest absolute Gasteiger partial charge is 0.491 e. The van der Waals surface area contributed by atoms with E-state index in [1.54, 1.807) is 50.2 Å². The molecule has 2 fully saturated rings. The topological polar surface area (TPSA) is 73.8 Å². The number of ether oxygens (including phenoxy) is 1. The average molecular weight is 763 g/mol. The number of nitrogens with zero attached hydrogens (tertiary/aromatic N) is 1. The van der Waals surface area contributed by atoms with Gasteiger partial charge in [-0.1, -0.05) is 84.2 Å². The molecule has 0 bridgehead atoms. The lowest BCUT2D eigenvalue weighted by molar-refractivity contribution is -0.137. The number of rotatable bonds is 10. The third-order valence-electron chi connectivity index (χ3n) is 9.51. The zero-order chi connectivity index (χ0) is 35.6. The Morgan fingerprint density at radius 1 is 0.902 bits per heavy atom. The van der Waals surface area contributed by atoms with Gasteiger partial charge in [-0.3, -0.25) is 20.3 Å². The number of likely N-dealkylation sites (tertiary alicyclic amines) is 1. The number of piperidine rings is 1. The van der Waals surface area contributed by atoms with Crippen molar-refractivity contribution in [2.75, 3.05) is 13.2 Å². The first-order valence-corrected chi connectivity index (χ1v) is 17.6. The Bertz CT molecular complexity index is 1730. The summed E-state index contributed by atoms with van der Waals surface area (Å²) in [7, 11) is 0. The number of aliphatic hydroxyl groups excluding tert-OH is 1. The van der Waals surface area contributed by atoms with Gasteiger partial charge in [0.15, 0.2) is 5.66 Å². The number of hydrogen-bond acceptors (Lipinski definition) is 6. The van der Waals surface area contributed by atoms with E-state index in [9.17, 15) is 18.3 Å². The van der Waals surface area contributed by atoms with Gasteiger partial charge in [0.2, 0.25) is 5.78 Å². The summed E-state index contributed by atoms with van der Waals surface area (Å²) in [5.41, 5.74) is 0.578. The second kappa shape index (κ2) is 16.3. The number of ketones is 1. The van der Waals surface area contributed by atoms with Crippen molar-refractivity contribution in [1.82, 2.24) is 15.5 Å². The zero-order valence-corrected chi connectivity index (χ0v) is 30.5. The van der Waals surface area contributed by atoms with E-state index in [1.165, 1.54) is 6.07 Å². The van der Waals surface area contributed by atoms with Crippen LogP contribution in [0.2, 0.25) is 10.0 Å². The molecule has 272 valence electrons. The molecule has 4 aromatic carbocycles. The van der Waals surface area contributed by atoms with Crippen molar-refractivity contribution in [2.24, 2.45) is 0 Å². The van der Waals surface area contributed by atoms with E-state index in [4.69, 9.17) is 27.9 Å². The van der Waals surface area contributed by atoms with Gasteiger partial charge in [0.25, 0.3) is 0 Å². The van der Waals surface area contributed by atoms with Gasteiger partial charge in [0.1, 0.15) is 5.75 Å². The fourth-order valence-corrected chi connectivity index (χ4v) is 7.27. The Balaban J connectivity index is 0.00000504. The minimum Gasteiger partial charge on any atom is -0.491 e. The van der Waals surface area contributed by atoms with Gasteiger partial charge in [-0.25, -0.2) is 0 Å². The van der Waals surface area contributed by atoms with Crippen LogP contribution in [-0.2, 0) is 18.4 Å². The Hall–Kier alpha value is -3.15. The van der Waals surface area contributed by atoms with Crippen molar-refractivity contribution in [3.8, 4) is 5.75 Å². The molecule has 0 amide bonds. The van der Waals surface area contributed by atoms with Gasteiger partial charge in [-0.05, 0) is 86.3 Å². The van der Waals surface area contributed by atoms with Gasteiger partial charge in [0.05, 0.1) is 30.4 Å². The Labute approximate surface area is 312 Å². The van der Waals surface area contributed by atoms with E-state index in [0.717, 1.165) is 54.6 Å². The van der Waals surface area contributed by atoms with Crippen LogP contribution in [0, 0.1) is 0 Å². The molecule has 2 aliphatic heterocycles. The molecule has 4 aromatic rings. The smallest absolute Gasteiger partial charge is 0.416 e. The summed E-state index contributed by atoms with van der Waals surface area (Å²) in [6.07, 6.45) is -2.04. The van der Waals surface area contributed by atoms with Crippen LogP contribution in [0.15, 0.2) is 91.0 Å². The fourth-order valence-electron chi connectivity index (χ4n) is 7.02. The predicted molar refractivity (Wildman–Crippen MR) is 197 cm³/mol. The number of hydrogen-bond donors (Lipinski definition) is 3. The van der Waals surface area contributed by atoms with Crippen molar-refractivity contribution >= 4 is 41.4 Å². The molecule has 2 saturated heterocycles. The molecule has 0 spiro atoms. The first kappa shape index (κ1) is 39.1. The predicted octanol–water partition coefficient (Wildman–Crippen LogP) is 9.28. The SMILES string of the molecule is CC(C)Oc1cc(C(F)(F)F)ccc1C1(C(=O)c2ccc(CN3CCCCC3CO)cc2)NC(c2ccc(Cl)cc2)C(c2ccc(Cl)cc2)N1.Cl. The molecule has 2 heterocycles. The lowest BCUT2D eigenvalue weighted by atomic mass is 9.88. The third kappa shape index (κ3) is 8.57. The summed E-state index contributed by atoms with van der Waals surface area (Å²) >= 11 is 12.5. The monoisotopic (exact) mass is 761 g/mol. The Morgan fingerprint density at radius 3 is 1.98 bits per heavy atom. The van der Waals surface area contributed by atoms with Gasteiger partial charge in [-0.2, -0.15) is 13.2 Å². The van der Waals surface area contributed by atoms with Gasteiger partial charge >= 0.3 is 6.18 Å². The minimum absolute atomic E-state index is 0. The van der Waals surface area contributed by atoms with Crippen LogP contribution in [0.5, 0.6) is 5.75 Å². The van der Waals surface area contributed by atoms with Crippen molar-refractivity contribution in [1.29, 1.82) is 0 Å². The maximum Gasteiger partial charge on any atom is 0.416 e. The molecule has 6 nitrogen and oxygen atoms in total. The number of alkyl halides is 3. The number of halogens is 6. The first-order chi connectivity index (χ1) is 23.9. The van der Waals surface area contributed by atoms with Crippen molar-refractivity contribution in [2.45, 2.75) is 75.7 Å². The Kier molecular flexibility index (Phi) is 12.4. The van der Waals surface area contributed by atoms with Gasteiger partial charge in [0, 0.05) is 33.8 Å². The molecule has 0 aromatic heterocycles. The molecule has 3 atom stereocenters. The van der Waals surface area contributed by atoms with E-state index in [2.05, 4.69) is 15.5 Å². The van der Waals surface area contributed by atoms with Crippen LogP contribution in [0.3, 0.4) is 0 Å². The number of aliphatic hydroxyl groups is 1. The van der Waals surface area contributed by atoms with E-state index >= 15 is 4.79 Å². The third-order valence-corrected chi connectivity index (χ3v) is 10.0. The summed E-state index contributed by atoms with van der Waals surface area (Å²) in [4.78, 5) is 17.3. The van der Waals surface area contributed by atoms with Crippen molar-refractivity contribution in [3.63, 3.8) is 0 Å². The zero-order valence-electron chi connectivity index (χ0n) is 28.2. The number of carbonyl (C=O) groups excluding carboxylic acids is 1. The Morgan fingerprint density at radius 2 is 1.47 bits per heavy atom. The highest BCUT2D eigenvalue weighted by atomic mass is 35.5. The molecule has 6 rings (SSSR count). The highest BCUT2D eigenvalue weighted by molar-refractivity contribution is 6.30. The first-order valence-electron chi connectivity index (χ1n) is 16.8. The number of nitrogens with one attached hydrogen (secondary N) is 2. The molecule has 2 aliphatic rings. The molecule has 51 heavy (non-hydrogen) atoms. The molecule has 0 aliphatic carbocycles. The molecule has 3 unspecified atom stereocenters. The van der Waals surface area contributed by atoms with Gasteiger partial charge in [-0.15, -0.1) is 12.4 Å². The second-order valence-electron chi connectivity index (χ2n) is 13.3. The average Bonchev–Trinajstić information content (AvgIpc) is 3.50. The number of carbonyl (C=O) groups is 1. The van der Waals surface area contributed by atoms with Crippen LogP contribution in [0.4, 0.5) is 13.2 Å². The molecule has 0 saturated carbocycles. The second-order valence-corrected chi connectivity index (χ2v) is 14.2. The van der Waals surface area contributed by atoms with E-state index in [0.29, 0.717) is 22.2 Å². The highest BCUT2D eigenvalue weighted by Crippen LogP contribution is 2.46. The molecule has 12 heteroatoms.